The fraction of sp³-hybridized carbons (Fsp3) is 0.500. The molecule has 0 saturated heterocycles. The van der Waals surface area contributed by atoms with Crippen LogP contribution in [0, 0.1) is 0 Å². The molecule has 0 heterocycles. The number of hydrogen-bond donors (Lipinski definition) is 2. The van der Waals surface area contributed by atoms with Gasteiger partial charge in [-0.3, -0.25) is 4.79 Å². The van der Waals surface area contributed by atoms with Crippen LogP contribution >= 0.6 is 11.8 Å². The summed E-state index contributed by atoms with van der Waals surface area (Å²) in [6.07, 6.45) is 0. The average molecular weight is 266 g/mol. The first kappa shape index (κ1) is 15.1. The third kappa shape index (κ3) is 5.56. The van der Waals surface area contributed by atoms with E-state index in [-0.39, 0.29) is 16.7 Å². The van der Waals surface area contributed by atoms with Gasteiger partial charge in [-0.1, -0.05) is 12.1 Å². The number of amides is 1. The maximum atomic E-state index is 11.0. The van der Waals surface area contributed by atoms with Gasteiger partial charge in [0.1, 0.15) is 0 Å². The van der Waals surface area contributed by atoms with E-state index < -0.39 is 0 Å². The van der Waals surface area contributed by atoms with Crippen molar-refractivity contribution in [3.05, 3.63) is 29.8 Å². The minimum Gasteiger partial charge on any atom is -0.369 e. The molecule has 0 bridgehead atoms. The van der Waals surface area contributed by atoms with Crippen LogP contribution in [0.2, 0.25) is 0 Å². The number of nitrogens with two attached hydrogens (primary N) is 1. The third-order valence-corrected chi connectivity index (χ3v) is 3.55. The first-order valence-electron chi connectivity index (χ1n) is 6.08. The zero-order valence-corrected chi connectivity index (χ0v) is 12.3. The van der Waals surface area contributed by atoms with Crippen molar-refractivity contribution in [2.45, 2.75) is 49.9 Å². The lowest BCUT2D eigenvalue weighted by Crippen LogP contribution is -2.35. The van der Waals surface area contributed by atoms with Crippen molar-refractivity contribution in [1.82, 2.24) is 5.32 Å². The summed E-state index contributed by atoms with van der Waals surface area (Å²) in [6, 6.07) is 8.20. The fourth-order valence-corrected chi connectivity index (χ4v) is 2.26. The number of rotatable bonds is 5. The summed E-state index contributed by atoms with van der Waals surface area (Å²) in [7, 11) is 0. The van der Waals surface area contributed by atoms with Crippen LogP contribution in [-0.2, 0) is 11.3 Å². The summed E-state index contributed by atoms with van der Waals surface area (Å²) >= 11 is 1.50. The summed E-state index contributed by atoms with van der Waals surface area (Å²) < 4.78 is 0. The molecule has 0 aliphatic heterocycles. The molecule has 1 atom stereocenters. The summed E-state index contributed by atoms with van der Waals surface area (Å²) in [5, 5.41) is 3.24. The van der Waals surface area contributed by atoms with Crippen LogP contribution in [-0.4, -0.2) is 16.7 Å². The van der Waals surface area contributed by atoms with E-state index in [9.17, 15) is 4.79 Å². The van der Waals surface area contributed by atoms with Crippen molar-refractivity contribution >= 4 is 17.7 Å². The van der Waals surface area contributed by atoms with Gasteiger partial charge < -0.3 is 11.1 Å². The molecular formula is C14H22N2OS. The predicted octanol–water partition coefficient (Wildman–Crippen LogP) is 2.54. The van der Waals surface area contributed by atoms with E-state index in [0.717, 1.165) is 11.4 Å². The lowest BCUT2D eigenvalue weighted by molar-refractivity contribution is -0.117. The Morgan fingerprint density at radius 3 is 2.67 bits per heavy atom. The number of carbonyl (C=O) groups excluding carboxylic acids is 1. The maximum absolute atomic E-state index is 11.0. The molecule has 1 aromatic rings. The Morgan fingerprint density at radius 1 is 1.44 bits per heavy atom. The molecule has 3 nitrogen and oxygen atoms in total. The molecule has 4 heteroatoms. The van der Waals surface area contributed by atoms with Gasteiger partial charge in [-0.15, -0.1) is 11.8 Å². The molecule has 0 fully saturated rings. The highest BCUT2D eigenvalue weighted by Gasteiger charge is 2.11. The van der Waals surface area contributed by atoms with Gasteiger partial charge in [0.2, 0.25) is 5.91 Å². The number of benzene rings is 1. The molecule has 100 valence electrons. The molecule has 1 unspecified atom stereocenters. The lowest BCUT2D eigenvalue weighted by atomic mass is 10.1. The summed E-state index contributed by atoms with van der Waals surface area (Å²) in [5.74, 6) is -0.279. The minimum atomic E-state index is -0.279. The van der Waals surface area contributed by atoms with Crippen molar-refractivity contribution in [3.8, 4) is 0 Å². The molecule has 1 amide bonds. The van der Waals surface area contributed by atoms with E-state index in [1.54, 1.807) is 0 Å². The lowest BCUT2D eigenvalue weighted by Gasteiger charge is -2.20. The highest BCUT2D eigenvalue weighted by Crippen LogP contribution is 2.23. The number of nitrogens with one attached hydrogen (secondary N) is 1. The number of hydrogen-bond acceptors (Lipinski definition) is 3. The SMILES string of the molecule is CC(Sc1cccc(CNC(C)(C)C)c1)C(N)=O. The van der Waals surface area contributed by atoms with Gasteiger partial charge in [0.05, 0.1) is 5.25 Å². The number of primary amides is 1. The van der Waals surface area contributed by atoms with Crippen LogP contribution < -0.4 is 11.1 Å². The van der Waals surface area contributed by atoms with Crippen molar-refractivity contribution in [3.63, 3.8) is 0 Å². The second kappa shape index (κ2) is 6.25. The molecule has 0 radical (unpaired) electrons. The van der Waals surface area contributed by atoms with Crippen LogP contribution in [0.3, 0.4) is 0 Å². The van der Waals surface area contributed by atoms with Crippen molar-refractivity contribution < 1.29 is 4.79 Å². The zero-order valence-electron chi connectivity index (χ0n) is 11.5. The molecule has 3 N–H and O–H groups in total. The zero-order chi connectivity index (χ0) is 13.8. The van der Waals surface area contributed by atoms with E-state index in [4.69, 9.17) is 5.73 Å². The molecule has 0 aliphatic carbocycles. The van der Waals surface area contributed by atoms with E-state index in [0.29, 0.717) is 0 Å². The first-order valence-corrected chi connectivity index (χ1v) is 6.96. The van der Waals surface area contributed by atoms with Crippen LogP contribution in [0.5, 0.6) is 0 Å². The maximum Gasteiger partial charge on any atom is 0.230 e. The first-order chi connectivity index (χ1) is 8.28. The summed E-state index contributed by atoms with van der Waals surface area (Å²) in [6.45, 7) is 9.07. The number of carbonyl (C=O) groups is 1. The predicted molar refractivity (Wildman–Crippen MR) is 77.5 cm³/mol. The van der Waals surface area contributed by atoms with Crippen molar-refractivity contribution in [2.24, 2.45) is 5.73 Å². The average Bonchev–Trinajstić information content (AvgIpc) is 2.26. The number of thioether (sulfide) groups is 1. The Kier molecular flexibility index (Phi) is 5.23. The van der Waals surface area contributed by atoms with E-state index in [1.807, 2.05) is 19.1 Å². The van der Waals surface area contributed by atoms with E-state index in [2.05, 4.69) is 38.2 Å². The second-order valence-corrected chi connectivity index (χ2v) is 6.83. The molecule has 0 saturated carbocycles. The standard InChI is InChI=1S/C14H22N2OS/c1-10(13(15)17)18-12-7-5-6-11(8-12)9-16-14(2,3)4/h5-8,10,16H,9H2,1-4H3,(H2,15,17). The third-order valence-electron chi connectivity index (χ3n) is 2.43. The van der Waals surface area contributed by atoms with Gasteiger partial charge in [0.15, 0.2) is 0 Å². The Hall–Kier alpha value is -1.00. The molecule has 0 aromatic heterocycles. The Balaban J connectivity index is 2.65. The Bertz CT molecular complexity index is 413. The minimum absolute atomic E-state index is 0.101. The van der Waals surface area contributed by atoms with Crippen LogP contribution in [0.15, 0.2) is 29.2 Å². The molecule has 0 aliphatic rings. The normalized spacial score (nSPS) is 13.3. The summed E-state index contributed by atoms with van der Waals surface area (Å²) in [5.41, 5.74) is 6.58. The highest BCUT2D eigenvalue weighted by molar-refractivity contribution is 8.00. The van der Waals surface area contributed by atoms with E-state index >= 15 is 0 Å². The van der Waals surface area contributed by atoms with Crippen molar-refractivity contribution in [1.29, 1.82) is 0 Å². The molecule has 0 spiro atoms. The highest BCUT2D eigenvalue weighted by atomic mass is 32.2. The van der Waals surface area contributed by atoms with E-state index in [1.165, 1.54) is 17.3 Å². The second-order valence-electron chi connectivity index (χ2n) is 5.41. The molecule has 1 aromatic carbocycles. The fourth-order valence-electron chi connectivity index (χ4n) is 1.36. The largest absolute Gasteiger partial charge is 0.369 e. The van der Waals surface area contributed by atoms with Crippen LogP contribution in [0.25, 0.3) is 0 Å². The van der Waals surface area contributed by atoms with Gasteiger partial charge >= 0.3 is 0 Å². The molecular weight excluding hydrogens is 244 g/mol. The molecule has 1 rings (SSSR count). The van der Waals surface area contributed by atoms with Crippen LogP contribution in [0.4, 0.5) is 0 Å². The monoisotopic (exact) mass is 266 g/mol. The topological polar surface area (TPSA) is 55.1 Å². The Morgan fingerprint density at radius 2 is 2.11 bits per heavy atom. The van der Waals surface area contributed by atoms with Crippen LogP contribution in [0.1, 0.15) is 33.3 Å². The quantitative estimate of drug-likeness (QED) is 0.805. The van der Waals surface area contributed by atoms with Crippen molar-refractivity contribution in [2.75, 3.05) is 0 Å². The molecule has 18 heavy (non-hydrogen) atoms. The smallest absolute Gasteiger partial charge is 0.230 e. The Labute approximate surface area is 114 Å². The van der Waals surface area contributed by atoms with Gasteiger partial charge in [-0.25, -0.2) is 0 Å². The van der Waals surface area contributed by atoms with Gasteiger partial charge in [-0.2, -0.15) is 0 Å². The van der Waals surface area contributed by atoms with Gasteiger partial charge in [0.25, 0.3) is 0 Å². The van der Waals surface area contributed by atoms with Gasteiger partial charge in [-0.05, 0) is 45.4 Å². The summed E-state index contributed by atoms with van der Waals surface area (Å²) in [4.78, 5) is 12.1. The van der Waals surface area contributed by atoms with Gasteiger partial charge in [0, 0.05) is 17.0 Å².